The van der Waals surface area contributed by atoms with Gasteiger partial charge in [0.25, 0.3) is 0 Å². The zero-order valence-corrected chi connectivity index (χ0v) is 11.1. The molecule has 0 aliphatic rings. The van der Waals surface area contributed by atoms with E-state index in [2.05, 4.69) is 31.2 Å². The number of aliphatic hydroxyl groups excluding tert-OH is 1. The van der Waals surface area contributed by atoms with E-state index in [1.807, 2.05) is 24.3 Å². The number of hydrogen-bond acceptors (Lipinski definition) is 4. The fourth-order valence-corrected chi connectivity index (χ4v) is 2.01. The van der Waals surface area contributed by atoms with Crippen LogP contribution in [0.2, 0.25) is 0 Å². The van der Waals surface area contributed by atoms with Crippen molar-refractivity contribution in [1.82, 2.24) is 5.16 Å². The first-order valence-electron chi connectivity index (χ1n) is 6.22. The van der Waals surface area contributed by atoms with Crippen LogP contribution >= 0.6 is 0 Å². The Morgan fingerprint density at radius 3 is 2.78 bits per heavy atom. The number of rotatable bonds is 4. The molecule has 2 rings (SSSR count). The zero-order valence-electron chi connectivity index (χ0n) is 11.1. The summed E-state index contributed by atoms with van der Waals surface area (Å²) in [6.07, 6.45) is 0.357. The standard InChI is InChI=1S/C14H20N2O2/c1-14(2,3)8-10(17)9-15-13-11-6-4-5-7-12(11)18-16-13/h4-7,10,17H,8-9H2,1-3H3,(H,15,16). The van der Waals surface area contributed by atoms with E-state index < -0.39 is 0 Å². The molecular formula is C14H20N2O2. The summed E-state index contributed by atoms with van der Waals surface area (Å²) in [5, 5.41) is 18.0. The van der Waals surface area contributed by atoms with Crippen molar-refractivity contribution in [2.45, 2.75) is 33.3 Å². The van der Waals surface area contributed by atoms with Crippen molar-refractivity contribution < 1.29 is 9.63 Å². The molecule has 4 nitrogen and oxygen atoms in total. The molecule has 98 valence electrons. The molecular weight excluding hydrogens is 228 g/mol. The number of nitrogens with zero attached hydrogens (tertiary/aromatic N) is 1. The van der Waals surface area contributed by atoms with E-state index in [0.717, 1.165) is 17.4 Å². The van der Waals surface area contributed by atoms with Gasteiger partial charge in [0.05, 0.1) is 11.5 Å². The molecule has 0 saturated heterocycles. The van der Waals surface area contributed by atoms with Crippen molar-refractivity contribution in [2.75, 3.05) is 11.9 Å². The molecule has 1 unspecified atom stereocenters. The molecule has 0 aliphatic heterocycles. The highest BCUT2D eigenvalue weighted by Crippen LogP contribution is 2.23. The quantitative estimate of drug-likeness (QED) is 0.873. The number of benzene rings is 1. The Labute approximate surface area is 107 Å². The van der Waals surface area contributed by atoms with Crippen LogP contribution in [0.25, 0.3) is 11.0 Å². The third-order valence-corrected chi connectivity index (χ3v) is 2.73. The van der Waals surface area contributed by atoms with E-state index in [9.17, 15) is 5.11 Å². The maximum atomic E-state index is 9.93. The van der Waals surface area contributed by atoms with Crippen molar-refractivity contribution in [2.24, 2.45) is 5.41 Å². The number of aromatic nitrogens is 1. The van der Waals surface area contributed by atoms with Gasteiger partial charge in [-0.05, 0) is 24.0 Å². The van der Waals surface area contributed by atoms with Crippen molar-refractivity contribution in [3.63, 3.8) is 0 Å². The zero-order chi connectivity index (χ0) is 13.2. The average molecular weight is 248 g/mol. The minimum atomic E-state index is -0.388. The van der Waals surface area contributed by atoms with E-state index in [-0.39, 0.29) is 11.5 Å². The summed E-state index contributed by atoms with van der Waals surface area (Å²) in [5.74, 6) is 0.693. The number of para-hydroxylation sites is 1. The molecule has 1 atom stereocenters. The van der Waals surface area contributed by atoms with Crippen LogP contribution in [0.4, 0.5) is 5.82 Å². The van der Waals surface area contributed by atoms with Gasteiger partial charge in [-0.15, -0.1) is 0 Å². The van der Waals surface area contributed by atoms with Crippen LogP contribution in [0.3, 0.4) is 0 Å². The van der Waals surface area contributed by atoms with Gasteiger partial charge in [-0.25, -0.2) is 0 Å². The van der Waals surface area contributed by atoms with E-state index >= 15 is 0 Å². The highest BCUT2D eigenvalue weighted by molar-refractivity contribution is 5.87. The molecule has 18 heavy (non-hydrogen) atoms. The lowest BCUT2D eigenvalue weighted by Gasteiger charge is -2.22. The fraction of sp³-hybridized carbons (Fsp3) is 0.500. The van der Waals surface area contributed by atoms with Gasteiger partial charge in [0.15, 0.2) is 11.4 Å². The first-order chi connectivity index (χ1) is 8.46. The molecule has 0 amide bonds. The van der Waals surface area contributed by atoms with Crippen LogP contribution in [-0.4, -0.2) is 22.9 Å². The predicted octanol–water partition coefficient (Wildman–Crippen LogP) is 3.04. The van der Waals surface area contributed by atoms with Crippen molar-refractivity contribution in [3.05, 3.63) is 24.3 Å². The van der Waals surface area contributed by atoms with Gasteiger partial charge in [-0.2, -0.15) is 0 Å². The molecule has 0 radical (unpaired) electrons. The van der Waals surface area contributed by atoms with Gasteiger partial charge in [-0.1, -0.05) is 38.1 Å². The summed E-state index contributed by atoms with van der Waals surface area (Å²) < 4.78 is 5.19. The van der Waals surface area contributed by atoms with Gasteiger partial charge in [0, 0.05) is 6.54 Å². The van der Waals surface area contributed by atoms with Crippen molar-refractivity contribution in [3.8, 4) is 0 Å². The van der Waals surface area contributed by atoms with Crippen LogP contribution in [0.15, 0.2) is 28.8 Å². The van der Waals surface area contributed by atoms with Gasteiger partial charge in [0.1, 0.15) is 0 Å². The summed E-state index contributed by atoms with van der Waals surface area (Å²) in [6.45, 7) is 6.82. The molecule has 1 heterocycles. The molecule has 0 bridgehead atoms. The lowest BCUT2D eigenvalue weighted by molar-refractivity contribution is 0.132. The maximum absolute atomic E-state index is 9.93. The number of nitrogens with one attached hydrogen (secondary N) is 1. The summed E-state index contributed by atoms with van der Waals surface area (Å²) >= 11 is 0. The predicted molar refractivity (Wildman–Crippen MR) is 72.6 cm³/mol. The summed E-state index contributed by atoms with van der Waals surface area (Å²) in [6, 6.07) is 7.67. The van der Waals surface area contributed by atoms with Crippen LogP contribution in [-0.2, 0) is 0 Å². The number of hydrogen-bond donors (Lipinski definition) is 2. The molecule has 0 saturated carbocycles. The summed E-state index contributed by atoms with van der Waals surface area (Å²) in [5.41, 5.74) is 0.873. The first-order valence-corrected chi connectivity index (χ1v) is 6.22. The summed E-state index contributed by atoms with van der Waals surface area (Å²) in [7, 11) is 0. The van der Waals surface area contributed by atoms with Crippen molar-refractivity contribution >= 4 is 16.8 Å². The second kappa shape index (κ2) is 4.98. The molecule has 4 heteroatoms. The third kappa shape index (κ3) is 3.23. The second-order valence-corrected chi connectivity index (χ2v) is 5.83. The molecule has 2 N–H and O–H groups in total. The van der Waals surface area contributed by atoms with Crippen LogP contribution < -0.4 is 5.32 Å². The third-order valence-electron chi connectivity index (χ3n) is 2.73. The average Bonchev–Trinajstić information content (AvgIpc) is 2.67. The minimum absolute atomic E-state index is 0.118. The van der Waals surface area contributed by atoms with E-state index in [4.69, 9.17) is 4.52 Å². The SMILES string of the molecule is CC(C)(C)CC(O)CNc1noc2ccccc12. The first kappa shape index (κ1) is 12.9. The number of fused-ring (bicyclic) bond motifs is 1. The van der Waals surface area contributed by atoms with Gasteiger partial charge in [0.2, 0.25) is 0 Å². The molecule has 0 fully saturated rings. The monoisotopic (exact) mass is 248 g/mol. The van der Waals surface area contributed by atoms with Crippen LogP contribution in [0.1, 0.15) is 27.2 Å². The Bertz CT molecular complexity index is 514. The topological polar surface area (TPSA) is 58.3 Å². The highest BCUT2D eigenvalue weighted by atomic mass is 16.5. The van der Waals surface area contributed by atoms with E-state index in [1.165, 1.54) is 0 Å². The van der Waals surface area contributed by atoms with Crippen molar-refractivity contribution in [1.29, 1.82) is 0 Å². The van der Waals surface area contributed by atoms with Gasteiger partial charge in [-0.3, -0.25) is 0 Å². The number of aliphatic hydroxyl groups is 1. The largest absolute Gasteiger partial charge is 0.391 e. The Morgan fingerprint density at radius 2 is 2.06 bits per heavy atom. The normalized spacial score (nSPS) is 13.8. The van der Waals surface area contributed by atoms with Gasteiger partial charge < -0.3 is 14.9 Å². The Hall–Kier alpha value is -1.55. The Kier molecular flexibility index (Phi) is 3.57. The van der Waals surface area contributed by atoms with Gasteiger partial charge >= 0.3 is 0 Å². The lowest BCUT2D eigenvalue weighted by atomic mass is 9.89. The van der Waals surface area contributed by atoms with Crippen LogP contribution in [0.5, 0.6) is 0 Å². The molecule has 0 spiro atoms. The number of anilines is 1. The Balaban J connectivity index is 1.98. The summed E-state index contributed by atoms with van der Waals surface area (Å²) in [4.78, 5) is 0. The lowest BCUT2D eigenvalue weighted by Crippen LogP contribution is -2.25. The Morgan fingerprint density at radius 1 is 1.33 bits per heavy atom. The molecule has 1 aromatic carbocycles. The highest BCUT2D eigenvalue weighted by Gasteiger charge is 2.17. The van der Waals surface area contributed by atoms with E-state index in [0.29, 0.717) is 12.4 Å². The molecule has 2 aromatic rings. The fourth-order valence-electron chi connectivity index (χ4n) is 2.01. The van der Waals surface area contributed by atoms with Crippen LogP contribution in [0, 0.1) is 5.41 Å². The second-order valence-electron chi connectivity index (χ2n) is 5.83. The smallest absolute Gasteiger partial charge is 0.177 e. The van der Waals surface area contributed by atoms with E-state index in [1.54, 1.807) is 0 Å². The molecule has 1 aromatic heterocycles. The minimum Gasteiger partial charge on any atom is -0.391 e. The maximum Gasteiger partial charge on any atom is 0.177 e. The molecule has 0 aliphatic carbocycles.